The lowest BCUT2D eigenvalue weighted by atomic mass is 10.2. The maximum atomic E-state index is 11.5. The van der Waals surface area contributed by atoms with E-state index in [9.17, 15) is 19.7 Å². The van der Waals surface area contributed by atoms with Crippen molar-refractivity contribution in [1.29, 1.82) is 0 Å². The summed E-state index contributed by atoms with van der Waals surface area (Å²) in [5.41, 5.74) is -1.36. The molecule has 8 nitrogen and oxygen atoms in total. The van der Waals surface area contributed by atoms with Crippen LogP contribution in [0.15, 0.2) is 40.3 Å². The van der Waals surface area contributed by atoms with Gasteiger partial charge in [-0.1, -0.05) is 0 Å². The van der Waals surface area contributed by atoms with E-state index < -0.39 is 21.9 Å². The van der Waals surface area contributed by atoms with E-state index in [1.54, 1.807) is 24.5 Å². The fourth-order valence-electron chi connectivity index (χ4n) is 1.59. The molecule has 0 aliphatic rings. The second kappa shape index (κ2) is 5.25. The minimum atomic E-state index is -0.991. The fraction of sp³-hybridized carbons (Fsp3) is 0.182. The van der Waals surface area contributed by atoms with Crippen LogP contribution in [0.1, 0.15) is 5.56 Å². The van der Waals surface area contributed by atoms with Crippen molar-refractivity contribution < 1.29 is 4.92 Å². The third kappa shape index (κ3) is 2.92. The van der Waals surface area contributed by atoms with Gasteiger partial charge in [0, 0.05) is 18.9 Å². The largest absolute Gasteiger partial charge is 0.350 e. The Kier molecular flexibility index (Phi) is 3.51. The minimum Gasteiger partial charge on any atom is -0.293 e. The van der Waals surface area contributed by atoms with E-state index >= 15 is 0 Å². The summed E-state index contributed by atoms with van der Waals surface area (Å²) in [4.78, 5) is 38.3. The molecule has 0 aliphatic carbocycles. The van der Waals surface area contributed by atoms with Crippen LogP contribution in [0.3, 0.4) is 0 Å². The van der Waals surface area contributed by atoms with Crippen LogP contribution in [0.2, 0.25) is 0 Å². The zero-order valence-electron chi connectivity index (χ0n) is 9.78. The van der Waals surface area contributed by atoms with Gasteiger partial charge in [0.1, 0.15) is 0 Å². The molecule has 0 saturated carbocycles. The number of nitro groups is 1. The van der Waals surface area contributed by atoms with E-state index in [2.05, 4.69) is 4.98 Å². The van der Waals surface area contributed by atoms with Crippen molar-refractivity contribution >= 4 is 5.69 Å². The van der Waals surface area contributed by atoms with E-state index in [0.717, 1.165) is 16.3 Å². The molecule has 0 aromatic carbocycles. The van der Waals surface area contributed by atoms with Gasteiger partial charge in [0.15, 0.2) is 0 Å². The van der Waals surface area contributed by atoms with Crippen LogP contribution in [0.5, 0.6) is 0 Å². The molecule has 2 heterocycles. The Morgan fingerprint density at radius 3 is 2.63 bits per heavy atom. The SMILES string of the molecule is O=c1[nH]c(=O)n(CCc2ccncc2)cc1[N+](=O)[O-]. The molecule has 98 valence electrons. The van der Waals surface area contributed by atoms with Gasteiger partial charge in [-0.05, 0) is 24.1 Å². The number of aromatic amines is 1. The maximum Gasteiger partial charge on any atom is 0.350 e. The van der Waals surface area contributed by atoms with Gasteiger partial charge in [-0.25, -0.2) is 4.79 Å². The fourth-order valence-corrected chi connectivity index (χ4v) is 1.59. The normalized spacial score (nSPS) is 10.3. The van der Waals surface area contributed by atoms with Crippen molar-refractivity contribution in [3.8, 4) is 0 Å². The molecule has 0 atom stereocenters. The zero-order valence-corrected chi connectivity index (χ0v) is 9.78. The number of pyridine rings is 1. The quantitative estimate of drug-likeness (QED) is 0.619. The lowest BCUT2D eigenvalue weighted by Crippen LogP contribution is -2.31. The van der Waals surface area contributed by atoms with Gasteiger partial charge >= 0.3 is 16.9 Å². The van der Waals surface area contributed by atoms with Crippen LogP contribution >= 0.6 is 0 Å². The van der Waals surface area contributed by atoms with E-state index in [4.69, 9.17) is 0 Å². The molecule has 0 amide bonds. The third-order valence-corrected chi connectivity index (χ3v) is 2.58. The number of aryl methyl sites for hydroxylation is 2. The van der Waals surface area contributed by atoms with E-state index in [0.29, 0.717) is 6.42 Å². The van der Waals surface area contributed by atoms with Crippen LogP contribution in [0, 0.1) is 10.1 Å². The van der Waals surface area contributed by atoms with Crippen LogP contribution in [0.25, 0.3) is 0 Å². The van der Waals surface area contributed by atoms with Crippen LogP contribution in [-0.4, -0.2) is 19.5 Å². The predicted octanol–water partition coefficient (Wildman–Crippen LogP) is 0.0825. The molecular weight excluding hydrogens is 252 g/mol. The number of rotatable bonds is 4. The van der Waals surface area contributed by atoms with Crippen molar-refractivity contribution in [1.82, 2.24) is 14.5 Å². The highest BCUT2D eigenvalue weighted by molar-refractivity contribution is 5.21. The summed E-state index contributed by atoms with van der Waals surface area (Å²) in [6.45, 7) is 0.237. The summed E-state index contributed by atoms with van der Waals surface area (Å²) in [7, 11) is 0. The van der Waals surface area contributed by atoms with Crippen molar-refractivity contribution in [3.05, 3.63) is 67.2 Å². The Hall–Kier alpha value is -2.77. The molecular formula is C11H10N4O4. The first-order valence-corrected chi connectivity index (χ1v) is 5.45. The van der Waals surface area contributed by atoms with Gasteiger partial charge in [0.05, 0.1) is 11.1 Å². The Morgan fingerprint density at radius 1 is 1.32 bits per heavy atom. The standard InChI is InChI=1S/C11H10N4O4/c16-10-9(15(18)19)7-14(11(17)13-10)6-3-8-1-4-12-5-2-8/h1-2,4-5,7H,3,6H2,(H,13,16,17). The number of hydrogen-bond acceptors (Lipinski definition) is 5. The highest BCUT2D eigenvalue weighted by Crippen LogP contribution is 2.02. The van der Waals surface area contributed by atoms with Crippen LogP contribution in [0.4, 0.5) is 5.69 Å². The highest BCUT2D eigenvalue weighted by Gasteiger charge is 2.14. The van der Waals surface area contributed by atoms with E-state index in [-0.39, 0.29) is 6.54 Å². The Balaban J connectivity index is 2.26. The summed E-state index contributed by atoms with van der Waals surface area (Å²) in [6, 6.07) is 3.57. The van der Waals surface area contributed by atoms with Crippen molar-refractivity contribution in [2.24, 2.45) is 0 Å². The third-order valence-electron chi connectivity index (χ3n) is 2.58. The molecule has 0 saturated heterocycles. The molecule has 19 heavy (non-hydrogen) atoms. The van der Waals surface area contributed by atoms with Gasteiger partial charge in [-0.15, -0.1) is 0 Å². The number of nitrogens with one attached hydrogen (secondary N) is 1. The summed E-state index contributed by atoms with van der Waals surface area (Å²) >= 11 is 0. The van der Waals surface area contributed by atoms with Gasteiger partial charge in [0.25, 0.3) is 0 Å². The topological polar surface area (TPSA) is 111 Å². The molecule has 0 bridgehead atoms. The summed E-state index contributed by atoms with van der Waals surface area (Å²) in [5, 5.41) is 10.6. The van der Waals surface area contributed by atoms with Gasteiger partial charge < -0.3 is 0 Å². The number of H-pyrrole nitrogens is 1. The summed E-state index contributed by atoms with van der Waals surface area (Å²) in [6.07, 6.45) is 4.70. The van der Waals surface area contributed by atoms with E-state index in [1.807, 2.05) is 4.98 Å². The van der Waals surface area contributed by atoms with Gasteiger partial charge in [-0.2, -0.15) is 0 Å². The minimum absolute atomic E-state index is 0.237. The Bertz CT molecular complexity index is 705. The van der Waals surface area contributed by atoms with Gasteiger partial charge in [-0.3, -0.25) is 29.4 Å². The molecule has 1 N–H and O–H groups in total. The number of aromatic nitrogens is 3. The first-order chi connectivity index (χ1) is 9.08. The van der Waals surface area contributed by atoms with E-state index in [1.165, 1.54) is 0 Å². The highest BCUT2D eigenvalue weighted by atomic mass is 16.6. The predicted molar refractivity (Wildman–Crippen MR) is 65.9 cm³/mol. The Morgan fingerprint density at radius 2 is 2.00 bits per heavy atom. The number of nitrogens with zero attached hydrogens (tertiary/aromatic N) is 3. The second-order valence-electron chi connectivity index (χ2n) is 3.83. The average molecular weight is 262 g/mol. The average Bonchev–Trinajstić information content (AvgIpc) is 2.38. The Labute approximate surface area is 106 Å². The molecule has 0 fully saturated rings. The lowest BCUT2D eigenvalue weighted by molar-refractivity contribution is -0.386. The summed E-state index contributed by atoms with van der Waals surface area (Å²) < 4.78 is 1.11. The molecule has 0 spiro atoms. The molecule has 2 rings (SSSR count). The van der Waals surface area contributed by atoms with Crippen molar-refractivity contribution in [2.75, 3.05) is 0 Å². The molecule has 0 unspecified atom stereocenters. The van der Waals surface area contributed by atoms with Crippen LogP contribution in [-0.2, 0) is 13.0 Å². The zero-order chi connectivity index (χ0) is 13.8. The van der Waals surface area contributed by atoms with Gasteiger partial charge in [0.2, 0.25) is 0 Å². The molecule has 0 radical (unpaired) electrons. The first kappa shape index (κ1) is 12.7. The molecule has 8 heteroatoms. The second-order valence-corrected chi connectivity index (χ2v) is 3.83. The molecule has 0 aliphatic heterocycles. The maximum absolute atomic E-state index is 11.5. The monoisotopic (exact) mass is 262 g/mol. The van der Waals surface area contributed by atoms with Crippen molar-refractivity contribution in [3.63, 3.8) is 0 Å². The smallest absolute Gasteiger partial charge is 0.293 e. The summed E-state index contributed by atoms with van der Waals surface area (Å²) in [5.74, 6) is 0. The first-order valence-electron chi connectivity index (χ1n) is 5.45. The molecule has 2 aromatic rings. The lowest BCUT2D eigenvalue weighted by Gasteiger charge is -2.04. The molecule has 2 aromatic heterocycles. The van der Waals surface area contributed by atoms with Crippen LogP contribution < -0.4 is 11.2 Å². The number of hydrogen-bond donors (Lipinski definition) is 1. The van der Waals surface area contributed by atoms with Crippen molar-refractivity contribution in [2.45, 2.75) is 13.0 Å².